The molecular formula is C29H35ClN2O3S. The van der Waals surface area contributed by atoms with Crippen molar-refractivity contribution < 1.29 is 13.2 Å². The van der Waals surface area contributed by atoms with Gasteiger partial charge in [-0.25, -0.2) is 8.42 Å². The fourth-order valence-corrected chi connectivity index (χ4v) is 6.16. The van der Waals surface area contributed by atoms with Gasteiger partial charge in [-0.05, 0) is 74.7 Å². The first-order valence-electron chi connectivity index (χ1n) is 12.8. The molecule has 0 amide bonds. The van der Waals surface area contributed by atoms with Crippen molar-refractivity contribution in [1.82, 2.24) is 5.32 Å². The van der Waals surface area contributed by atoms with Crippen LogP contribution in [-0.2, 0) is 16.6 Å². The standard InChI is InChI=1S/C29H35ClN2O3S/c30-25-17-19-28(20-18-25)36(33,34)32(27-14-4-1-5-15-27)23-24-11-6-7-16-29(24)35-22-10-2-3-12-26-13-8-9-21-31-26/h1,4-7,11,14-20,26,31H,2-3,8-10,12-13,21-23H2. The number of piperidine rings is 1. The summed E-state index contributed by atoms with van der Waals surface area (Å²) < 4.78 is 34.9. The molecule has 0 spiro atoms. The fourth-order valence-electron chi connectivity index (χ4n) is 4.60. The van der Waals surface area contributed by atoms with E-state index in [4.69, 9.17) is 16.3 Å². The molecular weight excluding hydrogens is 492 g/mol. The Hall–Kier alpha value is -2.54. The molecule has 3 aromatic carbocycles. The molecule has 3 aromatic rings. The third-order valence-electron chi connectivity index (χ3n) is 6.60. The lowest BCUT2D eigenvalue weighted by atomic mass is 9.99. The second kappa shape index (κ2) is 13.1. The van der Waals surface area contributed by atoms with Gasteiger partial charge in [0.2, 0.25) is 0 Å². The molecule has 192 valence electrons. The molecule has 36 heavy (non-hydrogen) atoms. The van der Waals surface area contributed by atoms with Crippen molar-refractivity contribution >= 4 is 27.3 Å². The summed E-state index contributed by atoms with van der Waals surface area (Å²) in [6, 6.07) is 23.8. The Morgan fingerprint density at radius 3 is 2.39 bits per heavy atom. The van der Waals surface area contributed by atoms with E-state index in [1.165, 1.54) is 36.4 Å². The van der Waals surface area contributed by atoms with Crippen molar-refractivity contribution in [3.05, 3.63) is 89.4 Å². The van der Waals surface area contributed by atoms with Crippen LogP contribution >= 0.6 is 11.6 Å². The smallest absolute Gasteiger partial charge is 0.264 e. The Bertz CT molecular complexity index is 1180. The molecule has 1 aliphatic rings. The first-order chi connectivity index (χ1) is 17.5. The van der Waals surface area contributed by atoms with Crippen LogP contribution in [0.3, 0.4) is 0 Å². The van der Waals surface area contributed by atoms with Crippen molar-refractivity contribution in [1.29, 1.82) is 0 Å². The van der Waals surface area contributed by atoms with Gasteiger partial charge in [-0.1, -0.05) is 67.3 Å². The van der Waals surface area contributed by atoms with Crippen LogP contribution in [0.2, 0.25) is 5.02 Å². The number of anilines is 1. The Labute approximate surface area is 220 Å². The van der Waals surface area contributed by atoms with Crippen molar-refractivity contribution in [2.75, 3.05) is 17.5 Å². The minimum atomic E-state index is -3.82. The molecule has 1 N–H and O–H groups in total. The number of rotatable bonds is 12. The summed E-state index contributed by atoms with van der Waals surface area (Å²) in [6.07, 6.45) is 8.46. The molecule has 1 fully saturated rings. The lowest BCUT2D eigenvalue weighted by Crippen LogP contribution is -2.33. The van der Waals surface area contributed by atoms with E-state index in [2.05, 4.69) is 5.32 Å². The first-order valence-corrected chi connectivity index (χ1v) is 14.6. The summed E-state index contributed by atoms with van der Waals surface area (Å²) in [7, 11) is -3.82. The number of para-hydroxylation sites is 2. The van der Waals surface area contributed by atoms with Crippen LogP contribution in [0.15, 0.2) is 83.8 Å². The molecule has 0 aliphatic carbocycles. The number of benzene rings is 3. The number of nitrogens with zero attached hydrogens (tertiary/aromatic N) is 1. The minimum absolute atomic E-state index is 0.165. The van der Waals surface area contributed by atoms with Crippen LogP contribution in [0.25, 0.3) is 0 Å². The van der Waals surface area contributed by atoms with Crippen LogP contribution in [0.5, 0.6) is 5.75 Å². The van der Waals surface area contributed by atoms with Crippen molar-refractivity contribution in [2.45, 2.75) is 62.4 Å². The maximum Gasteiger partial charge on any atom is 0.264 e. The number of sulfonamides is 1. The molecule has 0 saturated carbocycles. The SMILES string of the molecule is O=S(=O)(c1ccc(Cl)cc1)N(Cc1ccccc1OCCCCCC1CCCCN1)c1ccccc1. The molecule has 4 rings (SSSR count). The van der Waals surface area contributed by atoms with Gasteiger partial charge in [-0.2, -0.15) is 0 Å². The normalized spacial score (nSPS) is 16.0. The highest BCUT2D eigenvalue weighted by Gasteiger charge is 2.26. The number of ether oxygens (including phenoxy) is 1. The van der Waals surface area contributed by atoms with Crippen LogP contribution < -0.4 is 14.4 Å². The topological polar surface area (TPSA) is 58.6 Å². The highest BCUT2D eigenvalue weighted by Crippen LogP contribution is 2.29. The third kappa shape index (κ3) is 7.25. The lowest BCUT2D eigenvalue weighted by molar-refractivity contribution is 0.297. The van der Waals surface area contributed by atoms with Crippen LogP contribution in [0.1, 0.15) is 50.5 Å². The zero-order chi connectivity index (χ0) is 25.2. The minimum Gasteiger partial charge on any atom is -0.493 e. The van der Waals surface area contributed by atoms with Gasteiger partial charge < -0.3 is 10.1 Å². The third-order valence-corrected chi connectivity index (χ3v) is 8.64. The van der Waals surface area contributed by atoms with Crippen molar-refractivity contribution in [3.63, 3.8) is 0 Å². The monoisotopic (exact) mass is 526 g/mol. The largest absolute Gasteiger partial charge is 0.493 e. The average molecular weight is 527 g/mol. The number of halogens is 1. The maximum absolute atomic E-state index is 13.7. The second-order valence-corrected chi connectivity index (χ2v) is 11.6. The molecule has 1 atom stereocenters. The molecule has 7 heteroatoms. The Morgan fingerprint density at radius 2 is 1.64 bits per heavy atom. The molecule has 1 aliphatic heterocycles. The van der Waals surface area contributed by atoms with Crippen molar-refractivity contribution in [3.8, 4) is 5.75 Å². The summed E-state index contributed by atoms with van der Waals surface area (Å²) in [4.78, 5) is 0.196. The van der Waals surface area contributed by atoms with E-state index in [9.17, 15) is 8.42 Å². The average Bonchev–Trinajstić information content (AvgIpc) is 2.91. The summed E-state index contributed by atoms with van der Waals surface area (Å²) in [6.45, 7) is 1.93. The van der Waals surface area contributed by atoms with Gasteiger partial charge in [0.1, 0.15) is 5.75 Å². The quantitative estimate of drug-likeness (QED) is 0.263. The van der Waals surface area contributed by atoms with E-state index in [-0.39, 0.29) is 11.4 Å². The van der Waals surface area contributed by atoms with E-state index in [0.717, 1.165) is 30.7 Å². The Morgan fingerprint density at radius 1 is 0.889 bits per heavy atom. The van der Waals surface area contributed by atoms with Gasteiger partial charge in [-0.15, -0.1) is 0 Å². The van der Waals surface area contributed by atoms with Gasteiger partial charge in [0.15, 0.2) is 0 Å². The molecule has 5 nitrogen and oxygen atoms in total. The summed E-state index contributed by atoms with van der Waals surface area (Å²) >= 11 is 6.00. The summed E-state index contributed by atoms with van der Waals surface area (Å²) in [5.74, 6) is 0.721. The van der Waals surface area contributed by atoms with E-state index in [1.54, 1.807) is 36.4 Å². The number of unbranched alkanes of at least 4 members (excludes halogenated alkanes) is 2. The molecule has 1 heterocycles. The Balaban J connectivity index is 1.42. The van der Waals surface area contributed by atoms with E-state index in [0.29, 0.717) is 23.4 Å². The molecule has 0 bridgehead atoms. The molecule has 0 aromatic heterocycles. The zero-order valence-electron chi connectivity index (χ0n) is 20.6. The lowest BCUT2D eigenvalue weighted by Gasteiger charge is -2.26. The summed E-state index contributed by atoms with van der Waals surface area (Å²) in [5.41, 5.74) is 1.42. The van der Waals surface area contributed by atoms with E-state index in [1.807, 2.05) is 42.5 Å². The number of hydrogen-bond donors (Lipinski definition) is 1. The predicted octanol–water partition coefficient (Wildman–Crippen LogP) is 6.82. The van der Waals surface area contributed by atoms with Gasteiger partial charge in [0.25, 0.3) is 10.0 Å². The first kappa shape index (κ1) is 26.5. The van der Waals surface area contributed by atoms with Gasteiger partial charge >= 0.3 is 0 Å². The van der Waals surface area contributed by atoms with Crippen molar-refractivity contribution in [2.24, 2.45) is 0 Å². The zero-order valence-corrected chi connectivity index (χ0v) is 22.2. The second-order valence-electron chi connectivity index (χ2n) is 9.25. The van der Waals surface area contributed by atoms with Gasteiger partial charge in [0.05, 0.1) is 23.7 Å². The number of nitrogens with one attached hydrogen (secondary N) is 1. The van der Waals surface area contributed by atoms with Crippen LogP contribution in [0.4, 0.5) is 5.69 Å². The van der Waals surface area contributed by atoms with Crippen LogP contribution in [0, 0.1) is 0 Å². The molecule has 0 radical (unpaired) electrons. The summed E-state index contributed by atoms with van der Waals surface area (Å²) in [5, 5.41) is 4.10. The van der Waals surface area contributed by atoms with Gasteiger partial charge in [-0.3, -0.25) is 4.31 Å². The Kier molecular flexibility index (Phi) is 9.67. The highest BCUT2D eigenvalue weighted by atomic mass is 35.5. The van der Waals surface area contributed by atoms with E-state index < -0.39 is 10.0 Å². The number of hydrogen-bond acceptors (Lipinski definition) is 4. The molecule has 1 unspecified atom stereocenters. The van der Waals surface area contributed by atoms with Crippen LogP contribution in [-0.4, -0.2) is 27.6 Å². The maximum atomic E-state index is 13.7. The highest BCUT2D eigenvalue weighted by molar-refractivity contribution is 7.92. The fraction of sp³-hybridized carbons (Fsp3) is 0.379. The van der Waals surface area contributed by atoms with Gasteiger partial charge in [0, 0.05) is 16.6 Å². The molecule has 1 saturated heterocycles. The predicted molar refractivity (Wildman–Crippen MR) is 147 cm³/mol. The van der Waals surface area contributed by atoms with E-state index >= 15 is 0 Å².